The highest BCUT2D eigenvalue weighted by Gasteiger charge is 2.11. The molecule has 2 N–H and O–H groups in total. The quantitative estimate of drug-likeness (QED) is 0.248. The van der Waals surface area contributed by atoms with E-state index in [1.54, 1.807) is 54.6 Å². The smallest absolute Gasteiger partial charge is 0.306 e. The lowest BCUT2D eigenvalue weighted by molar-refractivity contribution is -0.147. The second kappa shape index (κ2) is 13.4. The summed E-state index contributed by atoms with van der Waals surface area (Å²) in [6.45, 7) is -0.473. The number of nitrogens with one attached hydrogen (secondary N) is 2. The van der Waals surface area contributed by atoms with E-state index >= 15 is 0 Å². The zero-order valence-corrected chi connectivity index (χ0v) is 21.7. The summed E-state index contributed by atoms with van der Waals surface area (Å²) in [7, 11) is 0. The highest BCUT2D eigenvalue weighted by atomic mass is 35.5. The molecule has 0 aliphatic carbocycles. The number of benzene rings is 3. The molecular weight excluding hydrogens is 550 g/mol. The zero-order chi connectivity index (χ0) is 26.1. The molecular formula is C25H20Cl4N2O5. The molecule has 0 aliphatic rings. The number of rotatable bonds is 10. The van der Waals surface area contributed by atoms with E-state index in [9.17, 15) is 14.4 Å². The molecule has 188 valence electrons. The van der Waals surface area contributed by atoms with E-state index < -0.39 is 18.5 Å². The third kappa shape index (κ3) is 8.91. The third-order valence-electron chi connectivity index (χ3n) is 4.61. The van der Waals surface area contributed by atoms with Crippen molar-refractivity contribution in [1.29, 1.82) is 0 Å². The van der Waals surface area contributed by atoms with E-state index in [0.717, 1.165) is 0 Å². The summed E-state index contributed by atoms with van der Waals surface area (Å²) in [6, 6.07) is 16.2. The van der Waals surface area contributed by atoms with Crippen molar-refractivity contribution in [2.75, 3.05) is 17.2 Å². The van der Waals surface area contributed by atoms with Crippen molar-refractivity contribution in [2.45, 2.75) is 19.3 Å². The van der Waals surface area contributed by atoms with Crippen LogP contribution in [-0.4, -0.2) is 24.4 Å². The number of halogens is 4. The van der Waals surface area contributed by atoms with Gasteiger partial charge >= 0.3 is 5.97 Å². The molecule has 0 radical (unpaired) electrons. The fourth-order valence-electron chi connectivity index (χ4n) is 2.90. The minimum absolute atomic E-state index is 0.0168. The fraction of sp³-hybridized carbons (Fsp3) is 0.160. The molecule has 3 aromatic carbocycles. The molecule has 3 aromatic rings. The van der Waals surface area contributed by atoms with Crippen LogP contribution in [0, 0.1) is 0 Å². The molecule has 3 rings (SSSR count). The minimum Gasteiger partial charge on any atom is -0.456 e. The van der Waals surface area contributed by atoms with E-state index in [-0.39, 0.29) is 30.2 Å². The SMILES string of the molecule is O=C(CCCC(=O)OCC(=O)Nc1ccc(Cl)cc1Cl)Nc1ccc(Oc2ccc(Cl)cc2Cl)cc1. The molecule has 0 saturated heterocycles. The summed E-state index contributed by atoms with van der Waals surface area (Å²) in [5, 5.41) is 6.84. The summed E-state index contributed by atoms with van der Waals surface area (Å²) in [6.07, 6.45) is 0.336. The molecule has 0 bridgehead atoms. The summed E-state index contributed by atoms with van der Waals surface area (Å²) < 4.78 is 10.6. The van der Waals surface area contributed by atoms with Crippen molar-refractivity contribution in [2.24, 2.45) is 0 Å². The van der Waals surface area contributed by atoms with Gasteiger partial charge in [-0.1, -0.05) is 46.4 Å². The Balaban J connectivity index is 1.35. The average molecular weight is 570 g/mol. The molecule has 0 unspecified atom stereocenters. The lowest BCUT2D eigenvalue weighted by atomic mass is 10.2. The maximum Gasteiger partial charge on any atom is 0.306 e. The van der Waals surface area contributed by atoms with E-state index in [1.807, 2.05) is 0 Å². The van der Waals surface area contributed by atoms with Crippen LogP contribution >= 0.6 is 46.4 Å². The average Bonchev–Trinajstić information content (AvgIpc) is 2.82. The molecule has 0 aromatic heterocycles. The van der Waals surface area contributed by atoms with Crippen LogP contribution in [0.15, 0.2) is 60.7 Å². The minimum atomic E-state index is -0.595. The van der Waals surface area contributed by atoms with Gasteiger partial charge in [0.2, 0.25) is 5.91 Å². The lowest BCUT2D eigenvalue weighted by Gasteiger charge is -2.10. The van der Waals surface area contributed by atoms with Crippen molar-refractivity contribution in [3.05, 3.63) is 80.8 Å². The van der Waals surface area contributed by atoms with Gasteiger partial charge in [-0.05, 0) is 67.1 Å². The second-order valence-corrected chi connectivity index (χ2v) is 9.12. The number of carbonyl (C=O) groups is 3. The normalized spacial score (nSPS) is 10.4. The van der Waals surface area contributed by atoms with Crippen LogP contribution < -0.4 is 15.4 Å². The standard InChI is InChI=1S/C25H20Cl4N2O5/c26-15-4-10-21(19(28)12-15)31-24(33)14-35-25(34)3-1-2-23(32)30-17-6-8-18(9-7-17)36-22-11-5-16(27)13-20(22)29/h4-13H,1-3,14H2,(H,30,32)(H,31,33). The number of carbonyl (C=O) groups excluding carboxylic acids is 3. The molecule has 2 amide bonds. The third-order valence-corrected chi connectivity index (χ3v) is 5.69. The van der Waals surface area contributed by atoms with Crippen LogP contribution in [-0.2, 0) is 19.1 Å². The van der Waals surface area contributed by atoms with Crippen LogP contribution in [0.2, 0.25) is 20.1 Å². The first-order chi connectivity index (χ1) is 17.2. The van der Waals surface area contributed by atoms with Gasteiger partial charge in [-0.25, -0.2) is 0 Å². The number of amides is 2. The monoisotopic (exact) mass is 568 g/mol. The predicted octanol–water partition coefficient (Wildman–Crippen LogP) is 7.38. The zero-order valence-electron chi connectivity index (χ0n) is 18.7. The summed E-state index contributed by atoms with van der Waals surface area (Å²) in [4.78, 5) is 36.0. The van der Waals surface area contributed by atoms with Gasteiger partial charge in [0.05, 0.1) is 15.7 Å². The topological polar surface area (TPSA) is 93.7 Å². The molecule has 0 fully saturated rings. The molecule has 0 aliphatic heterocycles. The summed E-state index contributed by atoms with van der Waals surface area (Å²) in [5.74, 6) is -0.427. The fourth-order valence-corrected chi connectivity index (χ4v) is 3.81. The Kier molecular flexibility index (Phi) is 10.3. The van der Waals surface area contributed by atoms with Crippen molar-refractivity contribution in [3.8, 4) is 11.5 Å². The van der Waals surface area contributed by atoms with E-state index in [1.165, 1.54) is 6.07 Å². The molecule has 0 heterocycles. The Hall–Kier alpha value is -2.97. The Morgan fingerprint density at radius 2 is 1.39 bits per heavy atom. The number of hydrogen-bond acceptors (Lipinski definition) is 5. The van der Waals surface area contributed by atoms with E-state index in [0.29, 0.717) is 37.9 Å². The van der Waals surface area contributed by atoms with Gasteiger partial charge in [0, 0.05) is 28.6 Å². The van der Waals surface area contributed by atoms with Gasteiger partial charge in [-0.15, -0.1) is 0 Å². The van der Waals surface area contributed by atoms with Crippen LogP contribution in [0.5, 0.6) is 11.5 Å². The first-order valence-corrected chi connectivity index (χ1v) is 12.1. The Bertz CT molecular complexity index is 1250. The van der Waals surface area contributed by atoms with Crippen molar-refractivity contribution < 1.29 is 23.9 Å². The van der Waals surface area contributed by atoms with Crippen LogP contribution in [0.3, 0.4) is 0 Å². The van der Waals surface area contributed by atoms with Gasteiger partial charge in [0.1, 0.15) is 11.5 Å². The van der Waals surface area contributed by atoms with Gasteiger partial charge < -0.3 is 20.1 Å². The number of ether oxygens (including phenoxy) is 2. The molecule has 36 heavy (non-hydrogen) atoms. The number of esters is 1. The Morgan fingerprint density at radius 1 is 0.722 bits per heavy atom. The van der Waals surface area contributed by atoms with E-state index in [4.69, 9.17) is 55.9 Å². The van der Waals surface area contributed by atoms with Crippen LogP contribution in [0.1, 0.15) is 19.3 Å². The molecule has 0 saturated carbocycles. The molecule has 0 spiro atoms. The van der Waals surface area contributed by atoms with Gasteiger partial charge in [0.15, 0.2) is 6.61 Å². The lowest BCUT2D eigenvalue weighted by Crippen LogP contribution is -2.21. The largest absolute Gasteiger partial charge is 0.456 e. The van der Waals surface area contributed by atoms with Gasteiger partial charge in [0.25, 0.3) is 5.91 Å². The van der Waals surface area contributed by atoms with Crippen molar-refractivity contribution in [3.63, 3.8) is 0 Å². The molecule has 0 atom stereocenters. The molecule has 11 heteroatoms. The van der Waals surface area contributed by atoms with Gasteiger partial charge in [-0.2, -0.15) is 0 Å². The first-order valence-electron chi connectivity index (χ1n) is 10.6. The maximum atomic E-state index is 12.2. The maximum absolute atomic E-state index is 12.2. The number of hydrogen-bond donors (Lipinski definition) is 2. The van der Waals surface area contributed by atoms with Crippen LogP contribution in [0.4, 0.5) is 11.4 Å². The first kappa shape index (κ1) is 27.6. The summed E-state index contributed by atoms with van der Waals surface area (Å²) in [5.41, 5.74) is 0.918. The Labute approximate surface area is 227 Å². The highest BCUT2D eigenvalue weighted by Crippen LogP contribution is 2.32. The summed E-state index contributed by atoms with van der Waals surface area (Å²) >= 11 is 23.8. The van der Waals surface area contributed by atoms with E-state index in [2.05, 4.69) is 10.6 Å². The highest BCUT2D eigenvalue weighted by molar-refractivity contribution is 6.37. The number of anilines is 2. The second-order valence-electron chi connectivity index (χ2n) is 7.44. The molecule has 7 nitrogen and oxygen atoms in total. The van der Waals surface area contributed by atoms with Crippen LogP contribution in [0.25, 0.3) is 0 Å². The Morgan fingerprint density at radius 3 is 2.06 bits per heavy atom. The van der Waals surface area contributed by atoms with Crippen molar-refractivity contribution in [1.82, 2.24) is 0 Å². The van der Waals surface area contributed by atoms with Gasteiger partial charge in [-0.3, -0.25) is 14.4 Å². The van der Waals surface area contributed by atoms with Crippen molar-refractivity contribution >= 4 is 75.6 Å². The predicted molar refractivity (Wildman–Crippen MR) is 142 cm³/mol.